The van der Waals surface area contributed by atoms with Crippen molar-refractivity contribution in [3.05, 3.63) is 23.9 Å². The summed E-state index contributed by atoms with van der Waals surface area (Å²) in [5, 5.41) is 3.58. The minimum Gasteiger partial charge on any atom is -0.389 e. The van der Waals surface area contributed by atoms with Crippen molar-refractivity contribution in [2.45, 2.75) is 45.6 Å². The molecule has 2 atom stereocenters. The van der Waals surface area contributed by atoms with Crippen LogP contribution in [0.4, 0.5) is 5.82 Å². The molecule has 4 heteroatoms. The van der Waals surface area contributed by atoms with E-state index >= 15 is 0 Å². The summed E-state index contributed by atoms with van der Waals surface area (Å²) in [4.78, 5) is 4.82. The zero-order chi connectivity index (χ0) is 13.8. The van der Waals surface area contributed by atoms with Crippen LogP contribution in [0.15, 0.2) is 18.3 Å². The van der Waals surface area contributed by atoms with Crippen molar-refractivity contribution in [2.75, 3.05) is 5.32 Å². The minimum absolute atomic E-state index is 0.410. The number of aromatic nitrogens is 1. The molecule has 1 aromatic rings. The fraction of sp³-hybridized carbons (Fsp3) is 0.600. The van der Waals surface area contributed by atoms with Gasteiger partial charge in [-0.15, -0.1) is 0 Å². The van der Waals surface area contributed by atoms with Crippen LogP contribution in [-0.4, -0.2) is 16.0 Å². The lowest BCUT2D eigenvalue weighted by atomic mass is 9.78. The van der Waals surface area contributed by atoms with E-state index in [9.17, 15) is 0 Å². The van der Waals surface area contributed by atoms with Crippen LogP contribution in [0, 0.1) is 11.8 Å². The molecule has 0 saturated heterocycles. The van der Waals surface area contributed by atoms with Crippen molar-refractivity contribution in [3.8, 4) is 0 Å². The third kappa shape index (κ3) is 3.44. The molecule has 1 saturated carbocycles. The first kappa shape index (κ1) is 14.3. The molecule has 2 unspecified atom stereocenters. The van der Waals surface area contributed by atoms with Crippen LogP contribution < -0.4 is 11.1 Å². The summed E-state index contributed by atoms with van der Waals surface area (Å²) >= 11 is 5.10. The van der Waals surface area contributed by atoms with Gasteiger partial charge in [0.25, 0.3) is 0 Å². The SMILES string of the molecule is CC(C)C1CCCCC1Nc1ncccc1C(N)=S. The molecule has 0 aromatic carbocycles. The Hall–Kier alpha value is -1.16. The van der Waals surface area contributed by atoms with E-state index in [4.69, 9.17) is 18.0 Å². The number of thiocarbonyl (C=S) groups is 1. The summed E-state index contributed by atoms with van der Waals surface area (Å²) < 4.78 is 0. The highest BCUT2D eigenvalue weighted by Gasteiger charge is 2.28. The van der Waals surface area contributed by atoms with E-state index in [0.717, 1.165) is 11.4 Å². The van der Waals surface area contributed by atoms with Crippen LogP contribution in [-0.2, 0) is 0 Å². The van der Waals surface area contributed by atoms with Crippen molar-refractivity contribution in [2.24, 2.45) is 17.6 Å². The molecule has 0 aliphatic heterocycles. The Morgan fingerprint density at radius 1 is 1.42 bits per heavy atom. The van der Waals surface area contributed by atoms with Gasteiger partial charge in [0.05, 0.1) is 5.56 Å². The highest BCUT2D eigenvalue weighted by molar-refractivity contribution is 7.80. The van der Waals surface area contributed by atoms with E-state index in [2.05, 4.69) is 24.1 Å². The van der Waals surface area contributed by atoms with Crippen LogP contribution in [0.25, 0.3) is 0 Å². The van der Waals surface area contributed by atoms with Gasteiger partial charge in [0.15, 0.2) is 0 Å². The van der Waals surface area contributed by atoms with Gasteiger partial charge in [-0.05, 0) is 36.8 Å². The second-order valence-electron chi connectivity index (χ2n) is 5.71. The number of anilines is 1. The van der Waals surface area contributed by atoms with Gasteiger partial charge < -0.3 is 11.1 Å². The molecule has 1 heterocycles. The predicted molar refractivity (Wildman–Crippen MR) is 84.3 cm³/mol. The third-order valence-electron chi connectivity index (χ3n) is 4.07. The fourth-order valence-electron chi connectivity index (χ4n) is 3.03. The zero-order valence-corrected chi connectivity index (χ0v) is 12.5. The second-order valence-corrected chi connectivity index (χ2v) is 6.15. The van der Waals surface area contributed by atoms with E-state index in [-0.39, 0.29) is 0 Å². The molecule has 0 spiro atoms. The maximum atomic E-state index is 5.77. The number of nitrogens with one attached hydrogen (secondary N) is 1. The Bertz CT molecular complexity index is 445. The summed E-state index contributed by atoms with van der Waals surface area (Å²) in [6, 6.07) is 4.29. The monoisotopic (exact) mass is 277 g/mol. The van der Waals surface area contributed by atoms with Crippen LogP contribution in [0.3, 0.4) is 0 Å². The molecule has 104 valence electrons. The Balaban J connectivity index is 2.17. The Kier molecular flexibility index (Phi) is 4.75. The molecule has 1 aromatic heterocycles. The molecule has 19 heavy (non-hydrogen) atoms. The van der Waals surface area contributed by atoms with Gasteiger partial charge in [0, 0.05) is 12.2 Å². The predicted octanol–water partition coefficient (Wildman–Crippen LogP) is 3.34. The first-order valence-electron chi connectivity index (χ1n) is 7.11. The van der Waals surface area contributed by atoms with Crippen LogP contribution >= 0.6 is 12.2 Å². The van der Waals surface area contributed by atoms with E-state index in [1.54, 1.807) is 6.20 Å². The Labute approximate surface area is 121 Å². The first-order chi connectivity index (χ1) is 9.09. The Morgan fingerprint density at radius 2 is 2.16 bits per heavy atom. The van der Waals surface area contributed by atoms with E-state index < -0.39 is 0 Å². The number of rotatable bonds is 4. The molecular weight excluding hydrogens is 254 g/mol. The Morgan fingerprint density at radius 3 is 2.84 bits per heavy atom. The highest BCUT2D eigenvalue weighted by Crippen LogP contribution is 2.32. The van der Waals surface area contributed by atoms with Crippen molar-refractivity contribution in [1.82, 2.24) is 4.98 Å². The molecule has 3 N–H and O–H groups in total. The average molecular weight is 277 g/mol. The van der Waals surface area contributed by atoms with Crippen LogP contribution in [0.1, 0.15) is 45.1 Å². The number of pyridine rings is 1. The van der Waals surface area contributed by atoms with Crippen LogP contribution in [0.5, 0.6) is 0 Å². The fourth-order valence-corrected chi connectivity index (χ4v) is 3.20. The molecular formula is C15H23N3S. The average Bonchev–Trinajstić information content (AvgIpc) is 2.39. The van der Waals surface area contributed by atoms with Gasteiger partial charge in [0.1, 0.15) is 10.8 Å². The minimum atomic E-state index is 0.410. The van der Waals surface area contributed by atoms with Crippen LogP contribution in [0.2, 0.25) is 0 Å². The molecule has 1 aliphatic rings. The summed E-state index contributed by atoms with van der Waals surface area (Å²) in [6.45, 7) is 4.61. The topological polar surface area (TPSA) is 50.9 Å². The largest absolute Gasteiger partial charge is 0.389 e. The van der Waals surface area contributed by atoms with Crippen molar-refractivity contribution in [3.63, 3.8) is 0 Å². The van der Waals surface area contributed by atoms with Crippen molar-refractivity contribution < 1.29 is 0 Å². The molecule has 1 fully saturated rings. The lowest BCUT2D eigenvalue weighted by Crippen LogP contribution is -2.36. The van der Waals surface area contributed by atoms with Gasteiger partial charge in [-0.1, -0.05) is 38.9 Å². The third-order valence-corrected chi connectivity index (χ3v) is 4.29. The maximum Gasteiger partial charge on any atom is 0.136 e. The highest BCUT2D eigenvalue weighted by atomic mass is 32.1. The van der Waals surface area contributed by atoms with Gasteiger partial charge >= 0.3 is 0 Å². The summed E-state index contributed by atoms with van der Waals surface area (Å²) in [5.74, 6) is 2.23. The lowest BCUT2D eigenvalue weighted by Gasteiger charge is -2.35. The van der Waals surface area contributed by atoms with Gasteiger partial charge in [-0.2, -0.15) is 0 Å². The smallest absolute Gasteiger partial charge is 0.136 e. The quantitative estimate of drug-likeness (QED) is 0.829. The van der Waals surface area contributed by atoms with Gasteiger partial charge in [-0.25, -0.2) is 4.98 Å². The summed E-state index contributed by atoms with van der Waals surface area (Å²) in [6.07, 6.45) is 6.92. The zero-order valence-electron chi connectivity index (χ0n) is 11.7. The lowest BCUT2D eigenvalue weighted by molar-refractivity contribution is 0.253. The number of nitrogens with zero attached hydrogens (tertiary/aromatic N) is 1. The molecule has 0 radical (unpaired) electrons. The summed E-state index contributed by atoms with van der Waals surface area (Å²) in [5.41, 5.74) is 6.62. The number of hydrogen-bond donors (Lipinski definition) is 2. The molecule has 0 bridgehead atoms. The van der Waals surface area contributed by atoms with Crippen molar-refractivity contribution in [1.29, 1.82) is 0 Å². The van der Waals surface area contributed by atoms with Crippen molar-refractivity contribution >= 4 is 23.0 Å². The van der Waals surface area contributed by atoms with Gasteiger partial charge in [-0.3, -0.25) is 0 Å². The van der Waals surface area contributed by atoms with E-state index in [1.807, 2.05) is 12.1 Å². The molecule has 3 nitrogen and oxygen atoms in total. The van der Waals surface area contributed by atoms with E-state index in [0.29, 0.717) is 22.9 Å². The number of nitrogens with two attached hydrogens (primary N) is 1. The molecule has 0 amide bonds. The summed E-state index contributed by atoms with van der Waals surface area (Å²) in [7, 11) is 0. The first-order valence-corrected chi connectivity index (χ1v) is 7.51. The maximum absolute atomic E-state index is 5.77. The number of hydrogen-bond acceptors (Lipinski definition) is 3. The van der Waals surface area contributed by atoms with E-state index in [1.165, 1.54) is 25.7 Å². The standard InChI is InChI=1S/C15H23N3S/c1-10(2)11-6-3-4-8-13(11)18-15-12(14(16)19)7-5-9-17-15/h5,7,9-11,13H,3-4,6,8H2,1-2H3,(H2,16,19)(H,17,18). The second kappa shape index (κ2) is 6.33. The molecule has 1 aliphatic carbocycles. The molecule has 2 rings (SSSR count). The normalized spacial score (nSPS) is 23.3. The van der Waals surface area contributed by atoms with Gasteiger partial charge in [0.2, 0.25) is 0 Å².